The van der Waals surface area contributed by atoms with Gasteiger partial charge in [-0.25, -0.2) is 4.39 Å². The summed E-state index contributed by atoms with van der Waals surface area (Å²) < 4.78 is 12.9. The Hall–Kier alpha value is -1.25. The minimum atomic E-state index is -0.237. The van der Waals surface area contributed by atoms with E-state index in [2.05, 4.69) is 12.2 Å². The average molecular weight is 298 g/mol. The molecule has 0 aliphatic rings. The van der Waals surface area contributed by atoms with Crippen molar-refractivity contribution in [1.29, 1.82) is 0 Å². The SMILES string of the molecule is CCC(Nc1cccc(Cl)c1Cl)c1ccc(F)cc1. The molecule has 0 radical (unpaired) electrons. The van der Waals surface area contributed by atoms with Crippen molar-refractivity contribution < 1.29 is 4.39 Å². The molecule has 0 bridgehead atoms. The number of hydrogen-bond acceptors (Lipinski definition) is 1. The second-order valence-electron chi connectivity index (χ2n) is 4.26. The first-order valence-corrected chi connectivity index (χ1v) is 6.83. The van der Waals surface area contributed by atoms with Crippen LogP contribution in [0.3, 0.4) is 0 Å². The van der Waals surface area contributed by atoms with E-state index in [1.807, 2.05) is 12.1 Å². The molecular formula is C15H14Cl2FN. The molecule has 0 amide bonds. The third-order valence-electron chi connectivity index (χ3n) is 2.96. The summed E-state index contributed by atoms with van der Waals surface area (Å²) in [6, 6.07) is 12.0. The normalized spacial score (nSPS) is 12.2. The van der Waals surface area contributed by atoms with Gasteiger partial charge in [-0.3, -0.25) is 0 Å². The summed E-state index contributed by atoms with van der Waals surface area (Å²) in [5, 5.41) is 4.35. The van der Waals surface area contributed by atoms with Crippen LogP contribution in [0.5, 0.6) is 0 Å². The quantitative estimate of drug-likeness (QED) is 0.764. The lowest BCUT2D eigenvalue weighted by Crippen LogP contribution is -2.10. The molecule has 100 valence electrons. The van der Waals surface area contributed by atoms with Crippen molar-refractivity contribution in [3.05, 3.63) is 63.9 Å². The van der Waals surface area contributed by atoms with Gasteiger partial charge in [-0.1, -0.05) is 48.3 Å². The van der Waals surface area contributed by atoms with Crippen LogP contribution in [0, 0.1) is 5.82 Å². The molecule has 1 unspecified atom stereocenters. The Morgan fingerprint density at radius 1 is 1.11 bits per heavy atom. The highest BCUT2D eigenvalue weighted by atomic mass is 35.5. The Labute approximate surface area is 122 Å². The summed E-state index contributed by atoms with van der Waals surface area (Å²) >= 11 is 12.1. The molecule has 0 fully saturated rings. The molecule has 0 aliphatic heterocycles. The summed E-state index contributed by atoms with van der Waals surface area (Å²) in [6.07, 6.45) is 0.856. The topological polar surface area (TPSA) is 12.0 Å². The van der Waals surface area contributed by atoms with E-state index in [0.29, 0.717) is 10.0 Å². The van der Waals surface area contributed by atoms with E-state index < -0.39 is 0 Å². The van der Waals surface area contributed by atoms with E-state index in [0.717, 1.165) is 17.7 Å². The van der Waals surface area contributed by atoms with Crippen LogP contribution >= 0.6 is 23.2 Å². The van der Waals surface area contributed by atoms with Crippen LogP contribution in [0.2, 0.25) is 10.0 Å². The Morgan fingerprint density at radius 2 is 1.79 bits per heavy atom. The fourth-order valence-corrected chi connectivity index (χ4v) is 2.27. The minimum Gasteiger partial charge on any atom is -0.377 e. The number of benzene rings is 2. The van der Waals surface area contributed by atoms with Gasteiger partial charge < -0.3 is 5.32 Å². The molecule has 0 saturated heterocycles. The van der Waals surface area contributed by atoms with Gasteiger partial charge in [-0.2, -0.15) is 0 Å². The molecule has 19 heavy (non-hydrogen) atoms. The van der Waals surface area contributed by atoms with Gasteiger partial charge in [0.25, 0.3) is 0 Å². The van der Waals surface area contributed by atoms with Gasteiger partial charge in [-0.15, -0.1) is 0 Å². The zero-order valence-corrected chi connectivity index (χ0v) is 12.0. The summed E-state index contributed by atoms with van der Waals surface area (Å²) in [4.78, 5) is 0. The third-order valence-corrected chi connectivity index (χ3v) is 3.78. The summed E-state index contributed by atoms with van der Waals surface area (Å²) in [7, 11) is 0. The highest BCUT2D eigenvalue weighted by molar-refractivity contribution is 6.43. The molecule has 2 aromatic rings. The second kappa shape index (κ2) is 6.27. The first kappa shape index (κ1) is 14.2. The molecule has 1 nitrogen and oxygen atoms in total. The predicted octanol–water partition coefficient (Wildman–Crippen LogP) is 5.70. The van der Waals surface area contributed by atoms with Crippen molar-refractivity contribution in [3.8, 4) is 0 Å². The predicted molar refractivity (Wildman–Crippen MR) is 79.5 cm³/mol. The number of nitrogens with one attached hydrogen (secondary N) is 1. The van der Waals surface area contributed by atoms with Gasteiger partial charge in [0, 0.05) is 0 Å². The van der Waals surface area contributed by atoms with Gasteiger partial charge in [0.05, 0.1) is 21.8 Å². The largest absolute Gasteiger partial charge is 0.377 e. The van der Waals surface area contributed by atoms with Gasteiger partial charge in [0.15, 0.2) is 0 Å². The number of rotatable bonds is 4. The molecule has 2 aromatic carbocycles. The average Bonchev–Trinajstić information content (AvgIpc) is 2.42. The maximum Gasteiger partial charge on any atom is 0.123 e. The molecule has 1 N–H and O–H groups in total. The Bertz CT molecular complexity index is 555. The van der Waals surface area contributed by atoms with Crippen molar-refractivity contribution in [2.24, 2.45) is 0 Å². The number of halogens is 3. The molecule has 0 spiro atoms. The molecule has 0 heterocycles. The maximum absolute atomic E-state index is 12.9. The smallest absolute Gasteiger partial charge is 0.123 e. The van der Waals surface area contributed by atoms with Gasteiger partial charge >= 0.3 is 0 Å². The summed E-state index contributed by atoms with van der Waals surface area (Å²) in [5.41, 5.74) is 1.80. The summed E-state index contributed by atoms with van der Waals surface area (Å²) in [6.45, 7) is 2.06. The zero-order valence-electron chi connectivity index (χ0n) is 10.5. The van der Waals surface area contributed by atoms with Crippen LogP contribution in [0.1, 0.15) is 24.9 Å². The third kappa shape index (κ3) is 3.40. The van der Waals surface area contributed by atoms with Crippen molar-refractivity contribution >= 4 is 28.9 Å². The van der Waals surface area contributed by atoms with E-state index in [1.54, 1.807) is 18.2 Å². The van der Waals surface area contributed by atoms with Crippen molar-refractivity contribution in [1.82, 2.24) is 0 Å². The van der Waals surface area contributed by atoms with Gasteiger partial charge in [0.2, 0.25) is 0 Å². The van der Waals surface area contributed by atoms with E-state index in [-0.39, 0.29) is 11.9 Å². The molecule has 2 rings (SSSR count). The lowest BCUT2D eigenvalue weighted by molar-refractivity contribution is 0.625. The first-order valence-electron chi connectivity index (χ1n) is 6.08. The fraction of sp³-hybridized carbons (Fsp3) is 0.200. The highest BCUT2D eigenvalue weighted by Gasteiger charge is 2.12. The zero-order chi connectivity index (χ0) is 13.8. The second-order valence-corrected chi connectivity index (χ2v) is 5.04. The lowest BCUT2D eigenvalue weighted by Gasteiger charge is -2.20. The molecule has 1 atom stereocenters. The Morgan fingerprint density at radius 3 is 2.42 bits per heavy atom. The van der Waals surface area contributed by atoms with E-state index >= 15 is 0 Å². The Balaban J connectivity index is 2.24. The van der Waals surface area contributed by atoms with Crippen LogP contribution in [-0.2, 0) is 0 Å². The number of hydrogen-bond donors (Lipinski definition) is 1. The molecular weight excluding hydrogens is 284 g/mol. The van der Waals surface area contributed by atoms with Gasteiger partial charge in [0.1, 0.15) is 5.82 Å². The van der Waals surface area contributed by atoms with Crippen LogP contribution in [0.25, 0.3) is 0 Å². The molecule has 4 heteroatoms. The number of anilines is 1. The van der Waals surface area contributed by atoms with Crippen LogP contribution in [0.15, 0.2) is 42.5 Å². The van der Waals surface area contributed by atoms with E-state index in [1.165, 1.54) is 12.1 Å². The highest BCUT2D eigenvalue weighted by Crippen LogP contribution is 2.32. The monoisotopic (exact) mass is 297 g/mol. The van der Waals surface area contributed by atoms with Crippen molar-refractivity contribution in [2.45, 2.75) is 19.4 Å². The van der Waals surface area contributed by atoms with Crippen LogP contribution in [-0.4, -0.2) is 0 Å². The molecule has 0 aliphatic carbocycles. The van der Waals surface area contributed by atoms with Crippen LogP contribution in [0.4, 0.5) is 10.1 Å². The lowest BCUT2D eigenvalue weighted by atomic mass is 10.0. The first-order chi connectivity index (χ1) is 9.11. The Kier molecular flexibility index (Phi) is 4.67. The summed E-state index contributed by atoms with van der Waals surface area (Å²) in [5.74, 6) is -0.237. The van der Waals surface area contributed by atoms with E-state index in [4.69, 9.17) is 23.2 Å². The van der Waals surface area contributed by atoms with E-state index in [9.17, 15) is 4.39 Å². The van der Waals surface area contributed by atoms with Crippen molar-refractivity contribution in [3.63, 3.8) is 0 Å². The molecule has 0 aromatic heterocycles. The fourth-order valence-electron chi connectivity index (χ4n) is 1.92. The standard InChI is InChI=1S/C15H14Cl2FN/c1-2-13(10-6-8-11(18)9-7-10)19-14-5-3-4-12(16)15(14)17/h3-9,13,19H,2H2,1H3. The molecule has 0 saturated carbocycles. The van der Waals surface area contributed by atoms with Crippen molar-refractivity contribution in [2.75, 3.05) is 5.32 Å². The minimum absolute atomic E-state index is 0.0663. The van der Waals surface area contributed by atoms with Crippen LogP contribution < -0.4 is 5.32 Å². The van der Waals surface area contributed by atoms with Gasteiger partial charge in [-0.05, 0) is 36.2 Å². The maximum atomic E-state index is 12.9.